The molecule has 0 spiro atoms. The van der Waals surface area contributed by atoms with Crippen LogP contribution in [0.2, 0.25) is 0 Å². The Bertz CT molecular complexity index is 938. The van der Waals surface area contributed by atoms with E-state index >= 15 is 0 Å². The summed E-state index contributed by atoms with van der Waals surface area (Å²) in [6, 6.07) is 5.24. The summed E-state index contributed by atoms with van der Waals surface area (Å²) in [6.45, 7) is 12.3. The molecular formula is C25H43N3O8S. The summed E-state index contributed by atoms with van der Waals surface area (Å²) >= 11 is 0. The first-order valence-electron chi connectivity index (χ1n) is 12.3. The topological polar surface area (TPSA) is 155 Å². The van der Waals surface area contributed by atoms with Crippen molar-refractivity contribution in [2.24, 2.45) is 5.73 Å². The zero-order valence-corrected chi connectivity index (χ0v) is 23.6. The number of alkyl carbamates (subject to hydrolysis) is 1. The molecule has 0 unspecified atom stereocenters. The number of hydrogen-bond acceptors (Lipinski definition) is 9. The van der Waals surface area contributed by atoms with Gasteiger partial charge in [0.05, 0.1) is 24.7 Å². The summed E-state index contributed by atoms with van der Waals surface area (Å²) in [6.07, 6.45) is 0.978. The van der Waals surface area contributed by atoms with Gasteiger partial charge in [-0.05, 0) is 72.1 Å². The van der Waals surface area contributed by atoms with Gasteiger partial charge in [-0.15, -0.1) is 0 Å². The van der Waals surface area contributed by atoms with Crippen molar-refractivity contribution in [3.05, 3.63) is 29.8 Å². The number of esters is 1. The Balaban J connectivity index is 2.29. The normalized spacial score (nSPS) is 13.2. The number of nitrogens with one attached hydrogen (secondary N) is 2. The van der Waals surface area contributed by atoms with E-state index < -0.39 is 39.3 Å². The van der Waals surface area contributed by atoms with Gasteiger partial charge < -0.3 is 30.0 Å². The highest BCUT2D eigenvalue weighted by molar-refractivity contribution is 7.89. The van der Waals surface area contributed by atoms with Crippen LogP contribution in [-0.2, 0) is 40.2 Å². The Morgan fingerprint density at radius 2 is 1.46 bits per heavy atom. The summed E-state index contributed by atoms with van der Waals surface area (Å²) in [5.74, 6) is -0.724. The van der Waals surface area contributed by atoms with Crippen LogP contribution < -0.4 is 15.8 Å². The molecule has 0 bridgehead atoms. The number of carbonyl (C=O) groups is 2. The molecule has 0 aliphatic rings. The van der Waals surface area contributed by atoms with Gasteiger partial charge in [-0.3, -0.25) is 4.79 Å². The average Bonchev–Trinajstić information content (AvgIpc) is 2.76. The summed E-state index contributed by atoms with van der Waals surface area (Å²) in [7, 11) is -3.94. The van der Waals surface area contributed by atoms with Crippen LogP contribution in [0.3, 0.4) is 0 Å². The maximum absolute atomic E-state index is 12.7. The van der Waals surface area contributed by atoms with Crippen molar-refractivity contribution in [3.63, 3.8) is 0 Å². The van der Waals surface area contributed by atoms with E-state index in [2.05, 4.69) is 10.0 Å². The molecule has 0 aromatic heterocycles. The summed E-state index contributed by atoms with van der Waals surface area (Å²) in [4.78, 5) is 23.7. The largest absolute Gasteiger partial charge is 0.459 e. The first-order valence-corrected chi connectivity index (χ1v) is 13.8. The lowest BCUT2D eigenvalue weighted by atomic mass is 10.1. The highest BCUT2D eigenvalue weighted by Crippen LogP contribution is 2.14. The van der Waals surface area contributed by atoms with Crippen molar-refractivity contribution in [1.29, 1.82) is 0 Å². The minimum Gasteiger partial charge on any atom is -0.459 e. The second-order valence-corrected chi connectivity index (χ2v) is 12.1. The molecule has 0 saturated heterocycles. The molecule has 212 valence electrons. The fourth-order valence-corrected chi connectivity index (χ4v) is 4.09. The van der Waals surface area contributed by atoms with Crippen molar-refractivity contribution in [2.75, 3.05) is 39.5 Å². The Morgan fingerprint density at radius 3 is 2.00 bits per heavy atom. The molecule has 1 atom stereocenters. The molecule has 0 aliphatic heterocycles. The zero-order valence-electron chi connectivity index (χ0n) is 22.8. The van der Waals surface area contributed by atoms with Gasteiger partial charge in [0.25, 0.3) is 0 Å². The number of nitrogens with two attached hydrogens (primary N) is 1. The molecule has 12 heteroatoms. The lowest BCUT2D eigenvalue weighted by Gasteiger charge is -2.23. The summed E-state index contributed by atoms with van der Waals surface area (Å²) in [5, 5.41) is 2.61. The number of carbonyl (C=O) groups excluding carboxylic acids is 2. The third kappa shape index (κ3) is 14.9. The number of aryl methyl sites for hydroxylation is 1. The Labute approximate surface area is 220 Å². The van der Waals surface area contributed by atoms with Gasteiger partial charge in [-0.25, -0.2) is 13.2 Å². The molecule has 4 N–H and O–H groups in total. The van der Waals surface area contributed by atoms with E-state index in [1.807, 2.05) is 0 Å². The van der Waals surface area contributed by atoms with Gasteiger partial charge in [0.15, 0.2) is 0 Å². The maximum atomic E-state index is 12.7. The van der Waals surface area contributed by atoms with Crippen LogP contribution in [0.4, 0.5) is 4.79 Å². The Morgan fingerprint density at radius 1 is 0.892 bits per heavy atom. The van der Waals surface area contributed by atoms with Crippen LogP contribution in [0.5, 0.6) is 0 Å². The molecule has 1 aromatic carbocycles. The van der Waals surface area contributed by atoms with Crippen molar-refractivity contribution < 1.29 is 37.0 Å². The first kappa shape index (κ1) is 32.8. The smallest absolute Gasteiger partial charge is 0.407 e. The van der Waals surface area contributed by atoms with Crippen molar-refractivity contribution >= 4 is 22.1 Å². The summed E-state index contributed by atoms with van der Waals surface area (Å²) < 4.78 is 48.9. The molecule has 0 fully saturated rings. The fraction of sp³-hybridized carbons (Fsp3) is 0.680. The van der Waals surface area contributed by atoms with Crippen LogP contribution in [0, 0.1) is 0 Å². The van der Waals surface area contributed by atoms with Crippen LogP contribution in [0.15, 0.2) is 29.2 Å². The molecule has 0 aliphatic carbocycles. The quantitative estimate of drug-likeness (QED) is 0.222. The third-order valence-corrected chi connectivity index (χ3v) is 5.99. The lowest BCUT2D eigenvalue weighted by Crippen LogP contribution is -2.48. The summed E-state index contributed by atoms with van der Waals surface area (Å²) in [5.41, 5.74) is 5.25. The van der Waals surface area contributed by atoms with Crippen molar-refractivity contribution in [3.8, 4) is 0 Å². The van der Waals surface area contributed by atoms with Crippen LogP contribution in [0.1, 0.15) is 53.5 Å². The molecule has 0 heterocycles. The van der Waals surface area contributed by atoms with Gasteiger partial charge in [0.1, 0.15) is 17.2 Å². The number of sulfonamides is 1. The van der Waals surface area contributed by atoms with Gasteiger partial charge in [-0.1, -0.05) is 12.1 Å². The predicted octanol–water partition coefficient (Wildman–Crippen LogP) is 2.12. The molecule has 0 saturated carbocycles. The van der Waals surface area contributed by atoms with Crippen molar-refractivity contribution in [2.45, 2.75) is 76.5 Å². The van der Waals surface area contributed by atoms with Crippen LogP contribution >= 0.6 is 0 Å². The van der Waals surface area contributed by atoms with Gasteiger partial charge >= 0.3 is 12.1 Å². The van der Waals surface area contributed by atoms with Gasteiger partial charge in [-0.2, -0.15) is 4.72 Å². The van der Waals surface area contributed by atoms with Gasteiger partial charge in [0.2, 0.25) is 10.0 Å². The van der Waals surface area contributed by atoms with Gasteiger partial charge in [0, 0.05) is 19.7 Å². The van der Waals surface area contributed by atoms with E-state index in [1.54, 1.807) is 53.7 Å². The molecule has 37 heavy (non-hydrogen) atoms. The molecular weight excluding hydrogens is 502 g/mol. The monoisotopic (exact) mass is 545 g/mol. The van der Waals surface area contributed by atoms with E-state index in [4.69, 9.17) is 24.7 Å². The van der Waals surface area contributed by atoms with Crippen LogP contribution in [-0.4, -0.2) is 77.2 Å². The fourth-order valence-electron chi connectivity index (χ4n) is 2.90. The number of hydrogen-bond donors (Lipinski definition) is 3. The van der Waals surface area contributed by atoms with Crippen molar-refractivity contribution in [1.82, 2.24) is 10.0 Å². The standard InChI is InChI=1S/C25H43N3O8S/c1-24(2,3)35-22(29)21(18-26)28-37(31,32)20-11-9-19(10-12-20)8-7-14-33-16-17-34-15-13-27-23(30)36-25(4,5)6/h9-12,21,28H,7-8,13-18,26H2,1-6H3,(H,27,30)/t21-/m0/s1. The SMILES string of the molecule is CC(C)(C)OC(=O)NCCOCCOCCCc1ccc(S(=O)(=O)N[C@@H](CN)C(=O)OC(C)(C)C)cc1. The number of ether oxygens (including phenoxy) is 4. The first-order chi connectivity index (χ1) is 17.1. The average molecular weight is 546 g/mol. The Kier molecular flexibility index (Phi) is 13.5. The van der Waals surface area contributed by atoms with E-state index in [0.717, 1.165) is 12.0 Å². The second kappa shape index (κ2) is 15.2. The molecule has 1 amide bonds. The maximum Gasteiger partial charge on any atom is 0.407 e. The Hall–Kier alpha value is -2.25. The predicted molar refractivity (Wildman–Crippen MR) is 140 cm³/mol. The van der Waals surface area contributed by atoms with E-state index in [1.165, 1.54) is 12.1 Å². The lowest BCUT2D eigenvalue weighted by molar-refractivity contribution is -0.156. The van der Waals surface area contributed by atoms with E-state index in [-0.39, 0.29) is 11.4 Å². The number of amides is 1. The second-order valence-electron chi connectivity index (χ2n) is 10.3. The minimum atomic E-state index is -3.94. The number of benzene rings is 1. The third-order valence-electron chi connectivity index (χ3n) is 4.50. The van der Waals surface area contributed by atoms with E-state index in [0.29, 0.717) is 39.4 Å². The molecule has 11 nitrogen and oxygen atoms in total. The highest BCUT2D eigenvalue weighted by atomic mass is 32.2. The van der Waals surface area contributed by atoms with E-state index in [9.17, 15) is 18.0 Å². The molecule has 1 aromatic rings. The molecule has 0 radical (unpaired) electrons. The highest BCUT2D eigenvalue weighted by Gasteiger charge is 2.28. The van der Waals surface area contributed by atoms with Crippen LogP contribution in [0.25, 0.3) is 0 Å². The zero-order chi connectivity index (χ0) is 28.1. The minimum absolute atomic E-state index is 0.0350. The molecule has 1 rings (SSSR count). The number of rotatable bonds is 15.